The Morgan fingerprint density at radius 2 is 1.84 bits per heavy atom. The minimum absolute atomic E-state index is 0.0634. The van der Waals surface area contributed by atoms with Crippen LogP contribution in [0.1, 0.15) is 24.2 Å². The molecule has 0 atom stereocenters. The molecule has 5 nitrogen and oxygen atoms in total. The Morgan fingerprint density at radius 1 is 1.16 bits per heavy atom. The van der Waals surface area contributed by atoms with Crippen LogP contribution in [0.3, 0.4) is 0 Å². The Balaban J connectivity index is 1.76. The summed E-state index contributed by atoms with van der Waals surface area (Å²) in [5.41, 5.74) is 3.57. The minimum atomic E-state index is -0.0634. The molecule has 0 aliphatic heterocycles. The molecule has 0 unspecified atom stereocenters. The van der Waals surface area contributed by atoms with E-state index in [1.165, 1.54) is 0 Å². The van der Waals surface area contributed by atoms with Crippen molar-refractivity contribution in [2.24, 2.45) is 4.99 Å². The summed E-state index contributed by atoms with van der Waals surface area (Å²) in [6, 6.07) is 15.2. The zero-order valence-electron chi connectivity index (χ0n) is 18.6. The van der Waals surface area contributed by atoms with Gasteiger partial charge in [-0.3, -0.25) is 4.79 Å². The molecule has 0 aliphatic carbocycles. The van der Waals surface area contributed by atoms with Crippen molar-refractivity contribution in [1.29, 1.82) is 0 Å². The molecule has 32 heavy (non-hydrogen) atoms. The maximum atomic E-state index is 12.4. The first-order chi connectivity index (χ1) is 15.5. The van der Waals surface area contributed by atoms with Gasteiger partial charge in [-0.25, -0.2) is 4.99 Å². The van der Waals surface area contributed by atoms with Crippen LogP contribution < -0.4 is 10.1 Å². The van der Waals surface area contributed by atoms with E-state index in [2.05, 4.69) is 40.6 Å². The Kier molecular flexibility index (Phi) is 8.85. The number of hydrogen-bond acceptors (Lipinski definition) is 4. The van der Waals surface area contributed by atoms with Crippen molar-refractivity contribution in [1.82, 2.24) is 14.8 Å². The molecule has 0 spiro atoms. The molecule has 0 fully saturated rings. The zero-order chi connectivity index (χ0) is 22.9. The third-order valence-electron chi connectivity index (χ3n) is 5.21. The van der Waals surface area contributed by atoms with Gasteiger partial charge in [0.15, 0.2) is 4.80 Å². The molecule has 3 aromatic rings. The van der Waals surface area contributed by atoms with E-state index in [1.54, 1.807) is 11.3 Å². The highest BCUT2D eigenvalue weighted by Crippen LogP contribution is 2.23. The quantitative estimate of drug-likeness (QED) is 0.407. The maximum absolute atomic E-state index is 12.4. The third kappa shape index (κ3) is 6.19. The molecule has 2 aromatic carbocycles. The number of halogens is 1. The van der Waals surface area contributed by atoms with Gasteiger partial charge in [0.1, 0.15) is 0 Å². The van der Waals surface area contributed by atoms with Gasteiger partial charge in [-0.05, 0) is 55.1 Å². The molecule has 1 heterocycles. The fourth-order valence-corrected chi connectivity index (χ4v) is 4.41. The summed E-state index contributed by atoms with van der Waals surface area (Å²) in [6.45, 7) is 12.2. The molecule has 0 radical (unpaired) electrons. The molecule has 7 heteroatoms. The number of allylic oxidation sites excluding steroid dienone is 1. The summed E-state index contributed by atoms with van der Waals surface area (Å²) in [6.07, 6.45) is 1.86. The first kappa shape index (κ1) is 24.0. The van der Waals surface area contributed by atoms with Gasteiger partial charge in [0.05, 0.1) is 11.4 Å². The van der Waals surface area contributed by atoms with Crippen molar-refractivity contribution in [3.63, 3.8) is 0 Å². The minimum Gasteiger partial charge on any atom is -0.351 e. The lowest BCUT2D eigenvalue weighted by Gasteiger charge is -2.17. The standard InChI is InChI=1S/C25H29ClN4OS/c1-4-16-30-23(19-7-11-21(26)12-8-19)18-32-25(30)28-22-13-9-20(10-14-22)24(31)27-15-17-29(5-2)6-3/h4,7-14,18H,1,5-6,15-17H2,2-3H3,(H,27,31). The predicted octanol–water partition coefficient (Wildman–Crippen LogP) is 5.36. The Morgan fingerprint density at radius 3 is 2.47 bits per heavy atom. The van der Waals surface area contributed by atoms with Gasteiger partial charge < -0.3 is 14.8 Å². The van der Waals surface area contributed by atoms with E-state index in [9.17, 15) is 4.79 Å². The van der Waals surface area contributed by atoms with Crippen LogP contribution in [-0.4, -0.2) is 41.6 Å². The molecule has 0 bridgehead atoms. The van der Waals surface area contributed by atoms with E-state index in [0.717, 1.165) is 41.4 Å². The van der Waals surface area contributed by atoms with E-state index in [-0.39, 0.29) is 5.91 Å². The summed E-state index contributed by atoms with van der Waals surface area (Å²) in [4.78, 5) is 20.4. The topological polar surface area (TPSA) is 49.6 Å². The van der Waals surface area contributed by atoms with E-state index in [1.807, 2.05) is 54.6 Å². The highest BCUT2D eigenvalue weighted by Gasteiger charge is 2.09. The first-order valence-corrected chi connectivity index (χ1v) is 12.0. The van der Waals surface area contributed by atoms with Crippen LogP contribution in [-0.2, 0) is 6.54 Å². The number of nitrogens with one attached hydrogen (secondary N) is 1. The molecule has 0 aliphatic rings. The fraction of sp³-hybridized carbons (Fsp3) is 0.280. The number of likely N-dealkylation sites (N-methyl/N-ethyl adjacent to an activating group) is 1. The number of amides is 1. The molecular weight excluding hydrogens is 440 g/mol. The monoisotopic (exact) mass is 468 g/mol. The average molecular weight is 469 g/mol. The molecule has 3 rings (SSSR count). The van der Waals surface area contributed by atoms with Gasteiger partial charge in [0.2, 0.25) is 0 Å². The van der Waals surface area contributed by atoms with E-state index in [4.69, 9.17) is 16.6 Å². The Hall–Kier alpha value is -2.67. The van der Waals surface area contributed by atoms with E-state index < -0.39 is 0 Å². The molecule has 0 saturated heterocycles. The van der Waals surface area contributed by atoms with Gasteiger partial charge in [0, 0.05) is 35.6 Å². The number of carbonyl (C=O) groups excluding carboxylic acids is 1. The number of hydrogen-bond donors (Lipinski definition) is 1. The van der Waals surface area contributed by atoms with Crippen LogP contribution in [0.4, 0.5) is 5.69 Å². The van der Waals surface area contributed by atoms with Crippen LogP contribution in [0, 0.1) is 0 Å². The molecule has 1 amide bonds. The Labute approximate surface area is 198 Å². The molecular formula is C25H29ClN4OS. The van der Waals surface area contributed by atoms with Crippen molar-refractivity contribution >= 4 is 34.5 Å². The van der Waals surface area contributed by atoms with Gasteiger partial charge in [-0.2, -0.15) is 0 Å². The first-order valence-electron chi connectivity index (χ1n) is 10.8. The van der Waals surface area contributed by atoms with Crippen molar-refractivity contribution < 1.29 is 4.79 Å². The second kappa shape index (κ2) is 11.8. The second-order valence-corrected chi connectivity index (χ2v) is 8.52. The number of rotatable bonds is 10. The van der Waals surface area contributed by atoms with Gasteiger partial charge in [-0.15, -0.1) is 17.9 Å². The highest BCUT2D eigenvalue weighted by molar-refractivity contribution is 7.07. The Bertz CT molecular complexity index is 1100. The summed E-state index contributed by atoms with van der Waals surface area (Å²) in [5.74, 6) is -0.0634. The van der Waals surface area contributed by atoms with Crippen LogP contribution in [0.2, 0.25) is 5.02 Å². The smallest absolute Gasteiger partial charge is 0.251 e. The van der Waals surface area contributed by atoms with E-state index >= 15 is 0 Å². The van der Waals surface area contributed by atoms with Gasteiger partial charge in [-0.1, -0.05) is 43.7 Å². The average Bonchev–Trinajstić information content (AvgIpc) is 3.20. The zero-order valence-corrected chi connectivity index (χ0v) is 20.1. The summed E-state index contributed by atoms with van der Waals surface area (Å²) >= 11 is 7.60. The highest BCUT2D eigenvalue weighted by atomic mass is 35.5. The maximum Gasteiger partial charge on any atom is 0.251 e. The van der Waals surface area contributed by atoms with Crippen molar-refractivity contribution in [3.8, 4) is 11.3 Å². The number of benzene rings is 2. The van der Waals surface area contributed by atoms with Crippen LogP contribution >= 0.6 is 22.9 Å². The number of nitrogens with zero attached hydrogens (tertiary/aromatic N) is 3. The number of aromatic nitrogens is 1. The van der Waals surface area contributed by atoms with E-state index in [0.29, 0.717) is 23.7 Å². The summed E-state index contributed by atoms with van der Waals surface area (Å²) in [5, 5.41) is 5.78. The summed E-state index contributed by atoms with van der Waals surface area (Å²) < 4.78 is 2.12. The van der Waals surface area contributed by atoms with Crippen molar-refractivity contribution in [2.45, 2.75) is 20.4 Å². The van der Waals surface area contributed by atoms with Crippen LogP contribution in [0.15, 0.2) is 71.6 Å². The fourth-order valence-electron chi connectivity index (χ4n) is 3.34. The summed E-state index contributed by atoms with van der Waals surface area (Å²) in [7, 11) is 0. The third-order valence-corrected chi connectivity index (χ3v) is 6.33. The van der Waals surface area contributed by atoms with Gasteiger partial charge in [0.25, 0.3) is 5.91 Å². The molecule has 0 saturated carbocycles. The SMILES string of the molecule is C=CCn1c(-c2ccc(Cl)cc2)csc1=Nc1ccc(C(=O)NCCN(CC)CC)cc1. The largest absolute Gasteiger partial charge is 0.351 e. The van der Waals surface area contributed by atoms with Crippen LogP contribution in [0.25, 0.3) is 11.3 Å². The normalized spacial score (nSPS) is 11.7. The predicted molar refractivity (Wildman–Crippen MR) is 135 cm³/mol. The van der Waals surface area contributed by atoms with Crippen molar-refractivity contribution in [2.75, 3.05) is 26.2 Å². The number of thiazole rings is 1. The lowest BCUT2D eigenvalue weighted by atomic mass is 10.2. The number of carbonyl (C=O) groups is 1. The lowest BCUT2D eigenvalue weighted by molar-refractivity contribution is 0.0949. The van der Waals surface area contributed by atoms with Gasteiger partial charge >= 0.3 is 0 Å². The molecule has 168 valence electrons. The van der Waals surface area contributed by atoms with Crippen LogP contribution in [0.5, 0.6) is 0 Å². The second-order valence-electron chi connectivity index (χ2n) is 7.25. The molecule has 1 aromatic heterocycles. The van der Waals surface area contributed by atoms with Crippen molar-refractivity contribution in [3.05, 3.63) is 82.0 Å². The lowest BCUT2D eigenvalue weighted by Crippen LogP contribution is -2.34. The molecule has 1 N–H and O–H groups in total.